The molecule has 0 saturated carbocycles. The Morgan fingerprint density at radius 3 is 2.93 bits per heavy atom. The lowest BCUT2D eigenvalue weighted by Gasteiger charge is -2.22. The molecule has 2 aromatic carbocycles. The van der Waals surface area contributed by atoms with Gasteiger partial charge in [0, 0.05) is 12.3 Å². The molecular formula is C23H26N2O5. The molecule has 30 heavy (non-hydrogen) atoms. The van der Waals surface area contributed by atoms with E-state index in [1.807, 2.05) is 24.3 Å². The summed E-state index contributed by atoms with van der Waals surface area (Å²) in [6, 6.07) is 13.9. The summed E-state index contributed by atoms with van der Waals surface area (Å²) < 4.78 is 18.1. The number of hydrogen-bond donors (Lipinski definition) is 1. The van der Waals surface area contributed by atoms with Gasteiger partial charge in [0.15, 0.2) is 5.58 Å². The first kappa shape index (κ1) is 20.4. The minimum atomic E-state index is -0.718. The minimum absolute atomic E-state index is 0.172. The SMILES string of the molecule is CC(C(=O)Nc1cccc(COCC2CCCCO2)c1)n1c(=O)oc2ccccc21. The molecule has 4 rings (SSSR count). The molecule has 0 aliphatic carbocycles. The van der Waals surface area contributed by atoms with Crippen LogP contribution >= 0.6 is 0 Å². The van der Waals surface area contributed by atoms with Crippen LogP contribution in [-0.2, 0) is 20.9 Å². The monoisotopic (exact) mass is 410 g/mol. The zero-order valence-electron chi connectivity index (χ0n) is 17.0. The van der Waals surface area contributed by atoms with Crippen LogP contribution < -0.4 is 11.1 Å². The molecular weight excluding hydrogens is 384 g/mol. The number of oxazole rings is 1. The van der Waals surface area contributed by atoms with Crippen LogP contribution in [0.1, 0.15) is 37.8 Å². The van der Waals surface area contributed by atoms with Crippen molar-refractivity contribution < 1.29 is 18.7 Å². The van der Waals surface area contributed by atoms with Crippen molar-refractivity contribution in [1.29, 1.82) is 0 Å². The van der Waals surface area contributed by atoms with Crippen molar-refractivity contribution in [2.75, 3.05) is 18.5 Å². The van der Waals surface area contributed by atoms with Gasteiger partial charge in [0.05, 0.1) is 24.8 Å². The van der Waals surface area contributed by atoms with Crippen LogP contribution in [0.3, 0.4) is 0 Å². The number of carbonyl (C=O) groups excluding carboxylic acids is 1. The van der Waals surface area contributed by atoms with Gasteiger partial charge in [-0.1, -0.05) is 24.3 Å². The summed E-state index contributed by atoms with van der Waals surface area (Å²) in [4.78, 5) is 25.0. The lowest BCUT2D eigenvalue weighted by molar-refractivity contribution is -0.118. The van der Waals surface area contributed by atoms with Gasteiger partial charge in [-0.15, -0.1) is 0 Å². The summed E-state index contributed by atoms with van der Waals surface area (Å²) in [7, 11) is 0. The largest absolute Gasteiger partial charge is 0.420 e. The Morgan fingerprint density at radius 1 is 1.23 bits per heavy atom. The number of aromatic nitrogens is 1. The first-order valence-corrected chi connectivity index (χ1v) is 10.3. The van der Waals surface area contributed by atoms with E-state index in [1.165, 1.54) is 11.0 Å². The number of anilines is 1. The predicted octanol–water partition coefficient (Wildman–Crippen LogP) is 3.88. The smallest absolute Gasteiger partial charge is 0.408 e. The first-order chi connectivity index (χ1) is 14.6. The highest BCUT2D eigenvalue weighted by Crippen LogP contribution is 2.19. The fourth-order valence-electron chi connectivity index (χ4n) is 3.70. The number of nitrogens with zero attached hydrogens (tertiary/aromatic N) is 1. The maximum absolute atomic E-state index is 12.8. The molecule has 2 atom stereocenters. The van der Waals surface area contributed by atoms with Crippen molar-refractivity contribution in [3.05, 3.63) is 64.6 Å². The molecule has 1 fully saturated rings. The Hall–Kier alpha value is -2.90. The molecule has 1 amide bonds. The lowest BCUT2D eigenvalue weighted by Crippen LogP contribution is -2.29. The molecule has 0 spiro atoms. The van der Waals surface area contributed by atoms with Gasteiger partial charge in [-0.3, -0.25) is 9.36 Å². The summed E-state index contributed by atoms with van der Waals surface area (Å²) in [6.45, 7) is 3.51. The number of hydrogen-bond acceptors (Lipinski definition) is 5. The number of nitrogens with one attached hydrogen (secondary N) is 1. The number of ether oxygens (including phenoxy) is 2. The van der Waals surface area contributed by atoms with Crippen molar-refractivity contribution in [1.82, 2.24) is 4.57 Å². The maximum atomic E-state index is 12.8. The molecule has 0 bridgehead atoms. The average molecular weight is 410 g/mol. The minimum Gasteiger partial charge on any atom is -0.408 e. The molecule has 1 aliphatic heterocycles. The fraction of sp³-hybridized carbons (Fsp3) is 0.391. The van der Waals surface area contributed by atoms with Crippen LogP contribution in [0.2, 0.25) is 0 Å². The van der Waals surface area contributed by atoms with E-state index in [1.54, 1.807) is 31.2 Å². The number of rotatable bonds is 7. The topological polar surface area (TPSA) is 82.7 Å². The van der Waals surface area contributed by atoms with Gasteiger partial charge in [-0.2, -0.15) is 0 Å². The third-order valence-corrected chi connectivity index (χ3v) is 5.33. The Bertz CT molecular complexity index is 1060. The lowest BCUT2D eigenvalue weighted by atomic mass is 10.1. The second-order valence-corrected chi connectivity index (χ2v) is 7.58. The van der Waals surface area contributed by atoms with Gasteiger partial charge < -0.3 is 19.2 Å². The summed E-state index contributed by atoms with van der Waals surface area (Å²) in [5.74, 6) is -0.844. The molecule has 3 aromatic rings. The Balaban J connectivity index is 1.38. The highest BCUT2D eigenvalue weighted by molar-refractivity contribution is 5.94. The normalized spacial score (nSPS) is 17.7. The van der Waals surface area contributed by atoms with Gasteiger partial charge in [0.1, 0.15) is 6.04 Å². The van der Waals surface area contributed by atoms with Crippen LogP contribution in [-0.4, -0.2) is 29.8 Å². The summed E-state index contributed by atoms with van der Waals surface area (Å²) >= 11 is 0. The summed E-state index contributed by atoms with van der Waals surface area (Å²) in [6.07, 6.45) is 3.52. The van der Waals surface area contributed by atoms with Gasteiger partial charge >= 0.3 is 5.76 Å². The van der Waals surface area contributed by atoms with Crippen molar-refractivity contribution in [2.45, 2.75) is 44.9 Å². The average Bonchev–Trinajstić information content (AvgIpc) is 3.10. The van der Waals surface area contributed by atoms with E-state index in [0.717, 1.165) is 25.0 Å². The number of fused-ring (bicyclic) bond motifs is 1. The second kappa shape index (κ2) is 9.28. The van der Waals surface area contributed by atoms with Gasteiger partial charge in [-0.25, -0.2) is 4.79 Å². The van der Waals surface area contributed by atoms with E-state index in [-0.39, 0.29) is 12.0 Å². The molecule has 2 unspecified atom stereocenters. The number of carbonyl (C=O) groups is 1. The van der Waals surface area contributed by atoms with E-state index in [4.69, 9.17) is 13.9 Å². The third-order valence-electron chi connectivity index (χ3n) is 5.33. The maximum Gasteiger partial charge on any atom is 0.420 e. The molecule has 1 aromatic heterocycles. The molecule has 2 heterocycles. The Labute approximate surface area is 174 Å². The highest BCUT2D eigenvalue weighted by atomic mass is 16.5. The number of para-hydroxylation sites is 2. The van der Waals surface area contributed by atoms with Crippen molar-refractivity contribution in [3.8, 4) is 0 Å². The van der Waals surface area contributed by atoms with Crippen molar-refractivity contribution in [3.63, 3.8) is 0 Å². The van der Waals surface area contributed by atoms with E-state index in [9.17, 15) is 9.59 Å². The van der Waals surface area contributed by atoms with E-state index < -0.39 is 11.8 Å². The number of benzene rings is 2. The molecule has 7 heteroatoms. The second-order valence-electron chi connectivity index (χ2n) is 7.58. The van der Waals surface area contributed by atoms with Crippen molar-refractivity contribution >= 4 is 22.7 Å². The van der Waals surface area contributed by atoms with Gasteiger partial charge in [0.25, 0.3) is 0 Å². The van der Waals surface area contributed by atoms with Crippen LogP contribution in [0, 0.1) is 0 Å². The molecule has 0 radical (unpaired) electrons. The standard InChI is InChI=1S/C23H26N2O5/c1-16(25-20-10-2-3-11-21(20)30-23(25)27)22(26)24-18-8-6-7-17(13-18)14-28-15-19-9-4-5-12-29-19/h2-3,6-8,10-11,13,16,19H,4-5,9,12,14-15H2,1H3,(H,24,26). The zero-order chi connectivity index (χ0) is 20.9. The Morgan fingerprint density at radius 2 is 2.10 bits per heavy atom. The molecule has 7 nitrogen and oxygen atoms in total. The quantitative estimate of drug-likeness (QED) is 0.639. The molecule has 1 aliphatic rings. The van der Waals surface area contributed by atoms with Crippen LogP contribution in [0.25, 0.3) is 11.1 Å². The molecule has 158 valence electrons. The van der Waals surface area contributed by atoms with Crippen LogP contribution in [0.15, 0.2) is 57.7 Å². The third kappa shape index (κ3) is 4.63. The van der Waals surface area contributed by atoms with Crippen LogP contribution in [0.4, 0.5) is 5.69 Å². The van der Waals surface area contributed by atoms with Crippen LogP contribution in [0.5, 0.6) is 0 Å². The van der Waals surface area contributed by atoms with E-state index in [0.29, 0.717) is 30.0 Å². The summed E-state index contributed by atoms with van der Waals surface area (Å²) in [5, 5.41) is 2.88. The van der Waals surface area contributed by atoms with Gasteiger partial charge in [0.2, 0.25) is 5.91 Å². The fourth-order valence-corrected chi connectivity index (χ4v) is 3.70. The summed E-state index contributed by atoms with van der Waals surface area (Å²) in [5.41, 5.74) is 2.67. The first-order valence-electron chi connectivity index (χ1n) is 10.3. The highest BCUT2D eigenvalue weighted by Gasteiger charge is 2.21. The van der Waals surface area contributed by atoms with Crippen molar-refractivity contribution in [2.24, 2.45) is 0 Å². The van der Waals surface area contributed by atoms with Gasteiger partial charge in [-0.05, 0) is 56.0 Å². The molecule has 1 saturated heterocycles. The van der Waals surface area contributed by atoms with E-state index >= 15 is 0 Å². The Kier molecular flexibility index (Phi) is 6.30. The predicted molar refractivity (Wildman–Crippen MR) is 114 cm³/mol. The molecule has 1 N–H and O–H groups in total. The number of amides is 1. The zero-order valence-corrected chi connectivity index (χ0v) is 17.0. The van der Waals surface area contributed by atoms with E-state index in [2.05, 4.69) is 5.32 Å².